The lowest BCUT2D eigenvalue weighted by Gasteiger charge is -1.98. The first-order valence-corrected chi connectivity index (χ1v) is 1.89. The van der Waals surface area contributed by atoms with E-state index in [0.29, 0.717) is 0 Å². The molecule has 0 aliphatic heterocycles. The molecular weight excluding hydrogens is 96.0 g/mol. The Morgan fingerprint density at radius 3 is 1.57 bits per heavy atom. The zero-order valence-electron chi connectivity index (χ0n) is 4.09. The summed E-state index contributed by atoms with van der Waals surface area (Å²) >= 11 is 0. The summed E-state index contributed by atoms with van der Waals surface area (Å²) in [6, 6.07) is 0. The van der Waals surface area contributed by atoms with Crippen LogP contribution in [-0.2, 0) is 0 Å². The molecule has 7 heavy (non-hydrogen) atoms. The average Bonchev–Trinajstić information content (AvgIpc) is 1.65. The van der Waals surface area contributed by atoms with Crippen LogP contribution in [-0.4, -0.2) is 29.8 Å². The van der Waals surface area contributed by atoms with Crippen LogP contribution in [0.3, 0.4) is 0 Å². The summed E-state index contributed by atoms with van der Waals surface area (Å²) in [5.41, 5.74) is 9.91. The van der Waals surface area contributed by atoms with Crippen molar-refractivity contribution >= 4 is 0 Å². The Morgan fingerprint density at radius 1 is 1.29 bits per heavy atom. The summed E-state index contributed by atoms with van der Waals surface area (Å²) in [6.45, 7) is 0.521. The summed E-state index contributed by atoms with van der Waals surface area (Å²) in [7, 11) is 0. The minimum atomic E-state index is -0.509. The molecule has 0 unspecified atom stereocenters. The predicted octanol–water partition coefficient (Wildman–Crippen LogP) is -2.56. The van der Waals surface area contributed by atoms with E-state index >= 15 is 0 Å². The van der Waals surface area contributed by atoms with Gasteiger partial charge >= 0.3 is 0 Å². The third-order valence-electron chi connectivity index (χ3n) is 0.544. The summed E-state index contributed by atoms with van der Waals surface area (Å²) in [5.74, 6) is 0. The molecule has 46 valence electrons. The number of aliphatic hydroxyl groups excluding tert-OH is 1. The largest absolute Gasteiger partial charge is 0.412 e. The van der Waals surface area contributed by atoms with Crippen molar-refractivity contribution in [2.24, 2.45) is 11.5 Å². The Labute approximate surface area is 42.4 Å². The maximum atomic E-state index is 8.42. The third-order valence-corrected chi connectivity index (χ3v) is 0.544. The van der Waals surface area contributed by atoms with Crippen molar-refractivity contribution in [3.8, 4) is 0 Å². The van der Waals surface area contributed by atoms with Gasteiger partial charge in [-0.25, -0.2) is 0 Å². The number of rotatable bonds is 2. The summed E-state index contributed by atoms with van der Waals surface area (Å²) < 4.78 is 0. The summed E-state index contributed by atoms with van der Waals surface area (Å²) in [5, 5.41) is 8.42. The molecule has 0 saturated heterocycles. The van der Waals surface area contributed by atoms with E-state index in [0.717, 1.165) is 0 Å². The topological polar surface area (TPSA) is 104 Å². The van der Waals surface area contributed by atoms with Crippen LogP contribution in [0.5, 0.6) is 0 Å². The average molecular weight is 108 g/mol. The van der Waals surface area contributed by atoms with Crippen molar-refractivity contribution in [2.45, 2.75) is 6.10 Å². The molecule has 0 heterocycles. The Hall–Kier alpha value is -0.160. The highest BCUT2D eigenvalue weighted by molar-refractivity contribution is 4.52. The van der Waals surface area contributed by atoms with E-state index in [1.165, 1.54) is 0 Å². The first-order valence-electron chi connectivity index (χ1n) is 1.89. The lowest BCUT2D eigenvalue weighted by Crippen LogP contribution is -2.27. The van der Waals surface area contributed by atoms with Crippen molar-refractivity contribution in [3.05, 3.63) is 0 Å². The Balaban J connectivity index is 0. The maximum Gasteiger partial charge on any atom is 0.0784 e. The van der Waals surface area contributed by atoms with Crippen LogP contribution < -0.4 is 11.5 Å². The fourth-order valence-corrected chi connectivity index (χ4v) is 0.0962. The van der Waals surface area contributed by atoms with Crippen LogP contribution >= 0.6 is 0 Å². The number of nitrogens with two attached hydrogens (primary N) is 2. The van der Waals surface area contributed by atoms with E-state index in [-0.39, 0.29) is 18.6 Å². The standard InChI is InChI=1S/C3H10N2O.H2O/c4-1-3(6)2-5;/h3,6H,1-2,4-5H2;1H2. The molecule has 0 atom stereocenters. The molecule has 4 nitrogen and oxygen atoms in total. The van der Waals surface area contributed by atoms with E-state index < -0.39 is 6.10 Å². The first kappa shape index (κ1) is 9.96. The van der Waals surface area contributed by atoms with Gasteiger partial charge < -0.3 is 22.1 Å². The number of aliphatic hydroxyl groups is 1. The van der Waals surface area contributed by atoms with Crippen molar-refractivity contribution in [3.63, 3.8) is 0 Å². The van der Waals surface area contributed by atoms with Crippen LogP contribution in [0.25, 0.3) is 0 Å². The van der Waals surface area contributed by atoms with Gasteiger partial charge in [0.25, 0.3) is 0 Å². The van der Waals surface area contributed by atoms with E-state index in [9.17, 15) is 0 Å². The minimum Gasteiger partial charge on any atom is -0.412 e. The Morgan fingerprint density at radius 2 is 1.57 bits per heavy atom. The van der Waals surface area contributed by atoms with Crippen molar-refractivity contribution in [2.75, 3.05) is 13.1 Å². The third kappa shape index (κ3) is 5.84. The van der Waals surface area contributed by atoms with E-state index in [1.807, 2.05) is 0 Å². The second-order valence-electron chi connectivity index (χ2n) is 1.13. The molecule has 0 rings (SSSR count). The lowest BCUT2D eigenvalue weighted by atomic mass is 10.4. The van der Waals surface area contributed by atoms with Gasteiger partial charge in [-0.3, -0.25) is 0 Å². The summed E-state index contributed by atoms with van der Waals surface area (Å²) in [4.78, 5) is 0. The van der Waals surface area contributed by atoms with Gasteiger partial charge in [0.15, 0.2) is 0 Å². The molecule has 7 N–H and O–H groups in total. The molecule has 0 spiro atoms. The molecule has 0 fully saturated rings. The Bertz CT molecular complexity index is 30.1. The second-order valence-corrected chi connectivity index (χ2v) is 1.13. The van der Waals surface area contributed by atoms with Crippen molar-refractivity contribution in [1.82, 2.24) is 0 Å². The number of hydrogen-bond acceptors (Lipinski definition) is 3. The zero-order valence-corrected chi connectivity index (χ0v) is 4.09. The molecule has 0 bridgehead atoms. The molecule has 0 aliphatic carbocycles. The summed E-state index contributed by atoms with van der Waals surface area (Å²) in [6.07, 6.45) is -0.509. The molecular formula is C3H12N2O2. The SMILES string of the molecule is NCC(O)CN.O. The van der Waals surface area contributed by atoms with E-state index in [2.05, 4.69) is 0 Å². The molecule has 0 aliphatic rings. The molecule has 0 amide bonds. The maximum absolute atomic E-state index is 8.42. The zero-order chi connectivity index (χ0) is 4.99. The van der Waals surface area contributed by atoms with E-state index in [4.69, 9.17) is 16.6 Å². The van der Waals surface area contributed by atoms with Crippen molar-refractivity contribution < 1.29 is 10.6 Å². The first-order chi connectivity index (χ1) is 2.81. The monoisotopic (exact) mass is 108 g/mol. The Kier molecular flexibility index (Phi) is 8.31. The van der Waals surface area contributed by atoms with Gasteiger partial charge in [-0.1, -0.05) is 0 Å². The molecule has 0 aromatic heterocycles. The van der Waals surface area contributed by atoms with Gasteiger partial charge in [-0.2, -0.15) is 0 Å². The number of hydrogen-bond donors (Lipinski definition) is 3. The van der Waals surface area contributed by atoms with Crippen LogP contribution in [0, 0.1) is 0 Å². The highest BCUT2D eigenvalue weighted by Gasteiger charge is 1.91. The van der Waals surface area contributed by atoms with Crippen LogP contribution in [0.2, 0.25) is 0 Å². The highest BCUT2D eigenvalue weighted by atomic mass is 16.3. The molecule has 4 heteroatoms. The lowest BCUT2D eigenvalue weighted by molar-refractivity contribution is 0.191. The van der Waals surface area contributed by atoms with Gasteiger partial charge in [0, 0.05) is 13.1 Å². The fraction of sp³-hybridized carbons (Fsp3) is 1.00. The van der Waals surface area contributed by atoms with Crippen molar-refractivity contribution in [1.29, 1.82) is 0 Å². The normalized spacial score (nSPS) is 8.57. The molecule has 0 saturated carbocycles. The molecule has 0 aromatic rings. The quantitative estimate of drug-likeness (QED) is 0.362. The van der Waals surface area contributed by atoms with E-state index in [1.54, 1.807) is 0 Å². The van der Waals surface area contributed by atoms with Crippen LogP contribution in [0.4, 0.5) is 0 Å². The minimum absolute atomic E-state index is 0. The molecule has 0 radical (unpaired) electrons. The van der Waals surface area contributed by atoms with Gasteiger partial charge in [0.1, 0.15) is 0 Å². The van der Waals surface area contributed by atoms with Crippen LogP contribution in [0.1, 0.15) is 0 Å². The van der Waals surface area contributed by atoms with Crippen LogP contribution in [0.15, 0.2) is 0 Å². The predicted molar refractivity (Wildman–Crippen MR) is 27.7 cm³/mol. The second kappa shape index (κ2) is 5.84. The highest BCUT2D eigenvalue weighted by Crippen LogP contribution is 1.66. The van der Waals surface area contributed by atoms with Gasteiger partial charge in [-0.05, 0) is 0 Å². The molecule has 0 aromatic carbocycles. The van der Waals surface area contributed by atoms with Gasteiger partial charge in [0.2, 0.25) is 0 Å². The fourth-order valence-electron chi connectivity index (χ4n) is 0.0962. The smallest absolute Gasteiger partial charge is 0.0784 e. The van der Waals surface area contributed by atoms with Gasteiger partial charge in [0.05, 0.1) is 6.10 Å². The van der Waals surface area contributed by atoms with Gasteiger partial charge in [-0.15, -0.1) is 0 Å².